The van der Waals surface area contributed by atoms with Gasteiger partial charge in [-0.25, -0.2) is 0 Å². The molecule has 1 aromatic carbocycles. The van der Waals surface area contributed by atoms with Gasteiger partial charge in [0.15, 0.2) is 0 Å². The van der Waals surface area contributed by atoms with Crippen LogP contribution < -0.4 is 10.1 Å². The van der Waals surface area contributed by atoms with E-state index in [0.717, 1.165) is 10.6 Å². The largest absolute Gasteiger partial charge is 0.494 e. The molecule has 0 radical (unpaired) electrons. The Balaban J connectivity index is 2.36. The lowest BCUT2D eigenvalue weighted by Gasteiger charge is -2.10. The third-order valence-corrected chi connectivity index (χ3v) is 3.20. The maximum Gasteiger partial charge on any atom is 0.230 e. The number of aliphatic hydroxyl groups excluding tert-OH is 1. The number of hydrogen-bond acceptors (Lipinski definition) is 4. The van der Waals surface area contributed by atoms with Gasteiger partial charge in [-0.15, -0.1) is 11.8 Å². The zero-order valence-electron chi connectivity index (χ0n) is 10.7. The van der Waals surface area contributed by atoms with Crippen LogP contribution in [-0.2, 0) is 4.79 Å². The highest BCUT2D eigenvalue weighted by Crippen LogP contribution is 2.21. The van der Waals surface area contributed by atoms with E-state index in [2.05, 4.69) is 5.32 Å². The molecule has 4 nitrogen and oxygen atoms in total. The molecule has 0 aromatic heterocycles. The lowest BCUT2D eigenvalue weighted by Crippen LogP contribution is -2.36. The Labute approximate surface area is 112 Å². The minimum absolute atomic E-state index is 0.0422. The van der Waals surface area contributed by atoms with Crippen molar-refractivity contribution in [3.63, 3.8) is 0 Å². The van der Waals surface area contributed by atoms with Gasteiger partial charge in [0, 0.05) is 10.9 Å². The van der Waals surface area contributed by atoms with Gasteiger partial charge in [-0.2, -0.15) is 0 Å². The zero-order chi connectivity index (χ0) is 13.4. The van der Waals surface area contributed by atoms with Crippen LogP contribution in [0.25, 0.3) is 0 Å². The molecule has 0 spiro atoms. The van der Waals surface area contributed by atoms with E-state index in [-0.39, 0.29) is 18.6 Å². The van der Waals surface area contributed by atoms with Crippen molar-refractivity contribution >= 4 is 17.7 Å². The summed E-state index contributed by atoms with van der Waals surface area (Å²) in [7, 11) is 0. The first-order chi connectivity index (χ1) is 8.65. The van der Waals surface area contributed by atoms with Crippen LogP contribution in [0, 0.1) is 0 Å². The summed E-state index contributed by atoms with van der Waals surface area (Å²) in [4.78, 5) is 12.5. The molecular weight excluding hydrogens is 250 g/mol. The summed E-state index contributed by atoms with van der Waals surface area (Å²) in [6.07, 6.45) is 0. The summed E-state index contributed by atoms with van der Waals surface area (Å²) in [6.45, 7) is 4.31. The Kier molecular flexibility index (Phi) is 6.60. The predicted molar refractivity (Wildman–Crippen MR) is 73.0 cm³/mol. The second-order valence-corrected chi connectivity index (χ2v) is 4.89. The van der Waals surface area contributed by atoms with Gasteiger partial charge < -0.3 is 15.2 Å². The lowest BCUT2D eigenvalue weighted by atomic mass is 10.3. The van der Waals surface area contributed by atoms with Crippen molar-refractivity contribution in [1.82, 2.24) is 5.32 Å². The minimum Gasteiger partial charge on any atom is -0.494 e. The molecule has 1 amide bonds. The smallest absolute Gasteiger partial charge is 0.230 e. The standard InChI is InChI=1S/C13H19NO3S/c1-3-17-11-4-6-12(7-5-11)18-9-13(16)14-10(2)8-15/h4-7,10,15H,3,8-9H2,1-2H3,(H,14,16). The van der Waals surface area contributed by atoms with E-state index < -0.39 is 0 Å². The fourth-order valence-corrected chi connectivity index (χ4v) is 2.02. The fourth-order valence-electron chi connectivity index (χ4n) is 1.31. The second-order valence-electron chi connectivity index (χ2n) is 3.84. The molecule has 0 aliphatic heterocycles. The van der Waals surface area contributed by atoms with Crippen LogP contribution >= 0.6 is 11.8 Å². The molecule has 1 unspecified atom stereocenters. The molecule has 1 atom stereocenters. The number of carbonyl (C=O) groups is 1. The summed E-state index contributed by atoms with van der Waals surface area (Å²) in [5.74, 6) is 1.11. The normalized spacial score (nSPS) is 11.9. The number of nitrogens with one attached hydrogen (secondary N) is 1. The summed E-state index contributed by atoms with van der Waals surface area (Å²) in [5.41, 5.74) is 0. The Morgan fingerprint density at radius 3 is 2.67 bits per heavy atom. The Morgan fingerprint density at radius 1 is 1.44 bits per heavy atom. The zero-order valence-corrected chi connectivity index (χ0v) is 11.5. The van der Waals surface area contributed by atoms with Crippen molar-refractivity contribution in [1.29, 1.82) is 0 Å². The molecule has 0 saturated carbocycles. The van der Waals surface area contributed by atoms with E-state index in [1.54, 1.807) is 6.92 Å². The van der Waals surface area contributed by atoms with E-state index in [9.17, 15) is 4.79 Å². The SMILES string of the molecule is CCOc1ccc(SCC(=O)NC(C)CO)cc1. The number of amides is 1. The highest BCUT2D eigenvalue weighted by Gasteiger charge is 2.06. The number of carbonyl (C=O) groups excluding carboxylic acids is 1. The fraction of sp³-hybridized carbons (Fsp3) is 0.462. The van der Waals surface area contributed by atoms with Gasteiger partial charge in [0.1, 0.15) is 5.75 Å². The molecule has 1 aromatic rings. The molecule has 5 heteroatoms. The Morgan fingerprint density at radius 2 is 2.11 bits per heavy atom. The quantitative estimate of drug-likeness (QED) is 0.739. The van der Waals surface area contributed by atoms with Gasteiger partial charge >= 0.3 is 0 Å². The highest BCUT2D eigenvalue weighted by molar-refractivity contribution is 8.00. The molecule has 0 heterocycles. The molecule has 100 valence electrons. The average Bonchev–Trinajstić information content (AvgIpc) is 2.38. The summed E-state index contributed by atoms with van der Waals surface area (Å²) in [6, 6.07) is 7.44. The molecule has 0 aliphatic rings. The Bertz CT molecular complexity index is 367. The second kappa shape index (κ2) is 8.00. The highest BCUT2D eigenvalue weighted by atomic mass is 32.2. The van der Waals surface area contributed by atoms with Crippen LogP contribution in [0.3, 0.4) is 0 Å². The molecule has 0 fully saturated rings. The summed E-state index contributed by atoms with van der Waals surface area (Å²) >= 11 is 1.46. The van der Waals surface area contributed by atoms with Gasteiger partial charge in [-0.1, -0.05) is 0 Å². The van der Waals surface area contributed by atoms with E-state index in [1.807, 2.05) is 31.2 Å². The summed E-state index contributed by atoms with van der Waals surface area (Å²) in [5, 5.41) is 11.5. The van der Waals surface area contributed by atoms with Crippen molar-refractivity contribution in [2.24, 2.45) is 0 Å². The van der Waals surface area contributed by atoms with Crippen LogP contribution in [0.4, 0.5) is 0 Å². The van der Waals surface area contributed by atoms with Crippen molar-refractivity contribution in [3.05, 3.63) is 24.3 Å². The van der Waals surface area contributed by atoms with Crippen LogP contribution in [-0.4, -0.2) is 36.0 Å². The maximum atomic E-state index is 11.5. The van der Waals surface area contributed by atoms with E-state index >= 15 is 0 Å². The van der Waals surface area contributed by atoms with E-state index in [4.69, 9.17) is 9.84 Å². The monoisotopic (exact) mass is 269 g/mol. The average molecular weight is 269 g/mol. The summed E-state index contributed by atoms with van der Waals surface area (Å²) < 4.78 is 5.34. The maximum absolute atomic E-state index is 11.5. The molecule has 0 aliphatic carbocycles. The van der Waals surface area contributed by atoms with Crippen molar-refractivity contribution in [2.45, 2.75) is 24.8 Å². The van der Waals surface area contributed by atoms with Crippen molar-refractivity contribution < 1.29 is 14.6 Å². The topological polar surface area (TPSA) is 58.6 Å². The van der Waals surface area contributed by atoms with Gasteiger partial charge in [0.2, 0.25) is 5.91 Å². The van der Waals surface area contributed by atoms with Crippen LogP contribution in [0.15, 0.2) is 29.2 Å². The molecule has 18 heavy (non-hydrogen) atoms. The Hall–Kier alpha value is -1.20. The number of benzene rings is 1. The third kappa shape index (κ3) is 5.42. The van der Waals surface area contributed by atoms with Gasteiger partial charge in [-0.05, 0) is 38.1 Å². The molecule has 0 saturated heterocycles. The minimum atomic E-state index is -0.196. The number of aliphatic hydroxyl groups is 1. The van der Waals surface area contributed by atoms with Crippen LogP contribution in [0.2, 0.25) is 0 Å². The number of ether oxygens (including phenoxy) is 1. The first-order valence-corrected chi connectivity index (χ1v) is 6.90. The van der Waals surface area contributed by atoms with Gasteiger partial charge in [0.05, 0.1) is 19.0 Å². The van der Waals surface area contributed by atoms with Crippen LogP contribution in [0.1, 0.15) is 13.8 Å². The van der Waals surface area contributed by atoms with Gasteiger partial charge in [0.25, 0.3) is 0 Å². The third-order valence-electron chi connectivity index (χ3n) is 2.19. The van der Waals surface area contributed by atoms with E-state index in [1.165, 1.54) is 11.8 Å². The van der Waals surface area contributed by atoms with Crippen molar-refractivity contribution in [2.75, 3.05) is 19.0 Å². The number of thioether (sulfide) groups is 1. The molecule has 2 N–H and O–H groups in total. The first kappa shape index (κ1) is 14.9. The van der Waals surface area contributed by atoms with Gasteiger partial charge in [-0.3, -0.25) is 4.79 Å². The van der Waals surface area contributed by atoms with Crippen molar-refractivity contribution in [3.8, 4) is 5.75 Å². The number of hydrogen-bond donors (Lipinski definition) is 2. The number of rotatable bonds is 7. The molecular formula is C13H19NO3S. The predicted octanol–water partition coefficient (Wildman–Crippen LogP) is 1.67. The van der Waals surface area contributed by atoms with Crippen LogP contribution in [0.5, 0.6) is 5.75 Å². The molecule has 0 bridgehead atoms. The first-order valence-electron chi connectivity index (χ1n) is 5.91. The molecule has 1 rings (SSSR count). The lowest BCUT2D eigenvalue weighted by molar-refractivity contribution is -0.119. The van der Waals surface area contributed by atoms with E-state index in [0.29, 0.717) is 12.4 Å².